The number of carbonyl (C=O) groups is 1. The summed E-state index contributed by atoms with van der Waals surface area (Å²) in [5.41, 5.74) is 1.28. The van der Waals surface area contributed by atoms with Crippen molar-refractivity contribution in [1.82, 2.24) is 19.7 Å². The molecule has 0 radical (unpaired) electrons. The van der Waals surface area contributed by atoms with Gasteiger partial charge in [0.1, 0.15) is 5.82 Å². The fourth-order valence-electron chi connectivity index (χ4n) is 3.83. The van der Waals surface area contributed by atoms with E-state index in [2.05, 4.69) is 56.5 Å². The van der Waals surface area contributed by atoms with Gasteiger partial charge in [-0.25, -0.2) is 0 Å². The number of benzene rings is 1. The van der Waals surface area contributed by atoms with E-state index in [0.717, 1.165) is 30.4 Å². The van der Waals surface area contributed by atoms with E-state index < -0.39 is 0 Å². The number of amides is 1. The van der Waals surface area contributed by atoms with Crippen molar-refractivity contribution in [3.63, 3.8) is 0 Å². The molecule has 0 aliphatic carbocycles. The Bertz CT molecular complexity index is 965. The maximum atomic E-state index is 12.8. The number of ether oxygens (including phenoxy) is 1. The van der Waals surface area contributed by atoms with Gasteiger partial charge in [-0.15, -0.1) is 21.5 Å². The number of nitrogens with zero attached hydrogens (tertiary/aromatic N) is 4. The van der Waals surface area contributed by atoms with Crippen LogP contribution in [0.25, 0.3) is 0 Å². The number of thiophene rings is 1. The molecule has 2 atom stereocenters. The highest BCUT2D eigenvalue weighted by molar-refractivity contribution is 7.99. The SMILES string of the molecule is CC1CN(C(=O)CSc2nnc(Cc3cccs3)n2CCc2ccccc2)CC(C)O1. The first-order valence-electron chi connectivity index (χ1n) is 10.6. The van der Waals surface area contributed by atoms with E-state index in [-0.39, 0.29) is 18.1 Å². The molecule has 8 heteroatoms. The van der Waals surface area contributed by atoms with Crippen molar-refractivity contribution in [2.24, 2.45) is 0 Å². The molecule has 3 aromatic rings. The molecule has 4 rings (SSSR count). The van der Waals surface area contributed by atoms with Crippen LogP contribution in [0.3, 0.4) is 0 Å². The van der Waals surface area contributed by atoms with Gasteiger partial charge < -0.3 is 14.2 Å². The number of hydrogen-bond acceptors (Lipinski definition) is 6. The Balaban J connectivity index is 1.45. The zero-order valence-corrected chi connectivity index (χ0v) is 19.6. The summed E-state index contributed by atoms with van der Waals surface area (Å²) in [5, 5.41) is 11.8. The number of hydrogen-bond donors (Lipinski definition) is 0. The lowest BCUT2D eigenvalue weighted by atomic mass is 10.1. The van der Waals surface area contributed by atoms with Crippen LogP contribution in [0.1, 0.15) is 30.1 Å². The van der Waals surface area contributed by atoms with Crippen LogP contribution in [0.4, 0.5) is 0 Å². The molecule has 2 aromatic heterocycles. The van der Waals surface area contributed by atoms with Crippen LogP contribution in [-0.4, -0.2) is 56.6 Å². The molecule has 6 nitrogen and oxygen atoms in total. The molecule has 0 saturated carbocycles. The summed E-state index contributed by atoms with van der Waals surface area (Å²) < 4.78 is 7.93. The molecule has 0 N–H and O–H groups in total. The van der Waals surface area contributed by atoms with Gasteiger partial charge in [0, 0.05) is 30.9 Å². The van der Waals surface area contributed by atoms with E-state index in [1.54, 1.807) is 11.3 Å². The monoisotopic (exact) mass is 456 g/mol. The number of aryl methyl sites for hydroxylation is 1. The fraction of sp³-hybridized carbons (Fsp3) is 0.435. The van der Waals surface area contributed by atoms with Gasteiger partial charge in [0.05, 0.1) is 18.0 Å². The number of rotatable bonds is 8. The summed E-state index contributed by atoms with van der Waals surface area (Å²) in [6.45, 7) is 6.11. The zero-order valence-electron chi connectivity index (χ0n) is 17.9. The van der Waals surface area contributed by atoms with Gasteiger partial charge in [0.15, 0.2) is 5.16 Å². The van der Waals surface area contributed by atoms with Crippen molar-refractivity contribution in [2.75, 3.05) is 18.8 Å². The average molecular weight is 457 g/mol. The molecular weight excluding hydrogens is 428 g/mol. The summed E-state index contributed by atoms with van der Waals surface area (Å²) in [6, 6.07) is 14.6. The van der Waals surface area contributed by atoms with Crippen molar-refractivity contribution in [3.8, 4) is 0 Å². The van der Waals surface area contributed by atoms with Gasteiger partial charge >= 0.3 is 0 Å². The highest BCUT2D eigenvalue weighted by Crippen LogP contribution is 2.22. The van der Waals surface area contributed by atoms with Crippen LogP contribution >= 0.6 is 23.1 Å². The maximum Gasteiger partial charge on any atom is 0.233 e. The molecule has 1 amide bonds. The van der Waals surface area contributed by atoms with Crippen LogP contribution in [0.2, 0.25) is 0 Å². The molecule has 3 heterocycles. The molecule has 1 fully saturated rings. The second-order valence-electron chi connectivity index (χ2n) is 7.89. The van der Waals surface area contributed by atoms with Crippen molar-refractivity contribution >= 4 is 29.0 Å². The normalized spacial score (nSPS) is 19.0. The molecule has 1 aromatic carbocycles. The Hall–Kier alpha value is -2.16. The lowest BCUT2D eigenvalue weighted by Crippen LogP contribution is -2.48. The van der Waals surface area contributed by atoms with Crippen molar-refractivity contribution in [3.05, 3.63) is 64.1 Å². The number of thioether (sulfide) groups is 1. The minimum Gasteiger partial charge on any atom is -0.372 e. The van der Waals surface area contributed by atoms with Crippen LogP contribution in [0.15, 0.2) is 53.0 Å². The van der Waals surface area contributed by atoms with E-state index in [0.29, 0.717) is 18.8 Å². The van der Waals surface area contributed by atoms with Crippen LogP contribution in [0.5, 0.6) is 0 Å². The number of morpholine rings is 1. The van der Waals surface area contributed by atoms with Gasteiger partial charge in [0.25, 0.3) is 0 Å². The Morgan fingerprint density at radius 2 is 1.90 bits per heavy atom. The predicted octanol–water partition coefficient (Wildman–Crippen LogP) is 3.90. The molecule has 1 saturated heterocycles. The second-order valence-corrected chi connectivity index (χ2v) is 9.86. The molecule has 2 unspecified atom stereocenters. The van der Waals surface area contributed by atoms with E-state index in [4.69, 9.17) is 4.74 Å². The molecule has 0 bridgehead atoms. The summed E-state index contributed by atoms with van der Waals surface area (Å²) >= 11 is 3.21. The van der Waals surface area contributed by atoms with Crippen molar-refractivity contribution in [1.29, 1.82) is 0 Å². The van der Waals surface area contributed by atoms with Crippen LogP contribution in [0, 0.1) is 0 Å². The highest BCUT2D eigenvalue weighted by atomic mass is 32.2. The third-order valence-electron chi connectivity index (χ3n) is 5.27. The zero-order chi connectivity index (χ0) is 21.6. The third-order valence-corrected chi connectivity index (χ3v) is 7.10. The van der Waals surface area contributed by atoms with Gasteiger partial charge in [-0.3, -0.25) is 4.79 Å². The Morgan fingerprint density at radius 3 is 2.61 bits per heavy atom. The lowest BCUT2D eigenvalue weighted by molar-refractivity contribution is -0.140. The molecule has 1 aliphatic heterocycles. The highest BCUT2D eigenvalue weighted by Gasteiger charge is 2.26. The van der Waals surface area contributed by atoms with Gasteiger partial charge in [-0.1, -0.05) is 48.2 Å². The molecule has 164 valence electrons. The first-order valence-corrected chi connectivity index (χ1v) is 12.5. The van der Waals surface area contributed by atoms with E-state index in [1.807, 2.05) is 24.8 Å². The van der Waals surface area contributed by atoms with Crippen LogP contribution < -0.4 is 0 Å². The topological polar surface area (TPSA) is 60.2 Å². The summed E-state index contributed by atoms with van der Waals surface area (Å²) in [7, 11) is 0. The van der Waals surface area contributed by atoms with Crippen molar-refractivity contribution < 1.29 is 9.53 Å². The largest absolute Gasteiger partial charge is 0.372 e. The van der Waals surface area contributed by atoms with Crippen molar-refractivity contribution in [2.45, 2.75) is 50.6 Å². The minimum atomic E-state index is 0.0737. The third kappa shape index (κ3) is 5.96. The number of carbonyl (C=O) groups excluding carboxylic acids is 1. The molecule has 0 spiro atoms. The van der Waals surface area contributed by atoms with Crippen LogP contribution in [-0.2, 0) is 28.9 Å². The van der Waals surface area contributed by atoms with E-state index in [9.17, 15) is 4.79 Å². The molecule has 1 aliphatic rings. The molecule has 31 heavy (non-hydrogen) atoms. The van der Waals surface area contributed by atoms with Gasteiger partial charge in [-0.2, -0.15) is 0 Å². The maximum absolute atomic E-state index is 12.8. The minimum absolute atomic E-state index is 0.0737. The smallest absolute Gasteiger partial charge is 0.233 e. The summed E-state index contributed by atoms with van der Waals surface area (Å²) in [4.78, 5) is 16.0. The van der Waals surface area contributed by atoms with E-state index in [1.165, 1.54) is 22.2 Å². The Kier molecular flexibility index (Phi) is 7.42. The quantitative estimate of drug-likeness (QED) is 0.481. The first kappa shape index (κ1) is 22.0. The standard InChI is InChI=1S/C23H28N4O2S2/c1-17-14-26(15-18(2)29-17)22(28)16-31-23-25-24-21(13-20-9-6-12-30-20)27(23)11-10-19-7-4-3-5-8-19/h3-9,12,17-18H,10-11,13-16H2,1-2H3. The van der Waals surface area contributed by atoms with E-state index >= 15 is 0 Å². The van der Waals surface area contributed by atoms with Gasteiger partial charge in [0.2, 0.25) is 5.91 Å². The first-order chi connectivity index (χ1) is 15.1. The number of aromatic nitrogens is 3. The Morgan fingerprint density at radius 1 is 1.13 bits per heavy atom. The average Bonchev–Trinajstić information content (AvgIpc) is 3.41. The second kappa shape index (κ2) is 10.4. The summed E-state index contributed by atoms with van der Waals surface area (Å²) in [6.07, 6.45) is 1.80. The van der Waals surface area contributed by atoms with Gasteiger partial charge in [-0.05, 0) is 37.3 Å². The summed E-state index contributed by atoms with van der Waals surface area (Å²) in [5.74, 6) is 1.44. The predicted molar refractivity (Wildman–Crippen MR) is 125 cm³/mol. The lowest BCUT2D eigenvalue weighted by Gasteiger charge is -2.35. The Labute approximate surface area is 191 Å². The molecular formula is C23H28N4O2S2. The fourth-order valence-corrected chi connectivity index (χ4v) is 5.42.